The number of esters is 1. The summed E-state index contributed by atoms with van der Waals surface area (Å²) in [6.07, 6.45) is 1.34. The Morgan fingerprint density at radius 3 is 2.52 bits per heavy atom. The van der Waals surface area contributed by atoms with E-state index in [1.165, 1.54) is 11.3 Å². The lowest BCUT2D eigenvalue weighted by Crippen LogP contribution is -2.33. The minimum Gasteiger partial charge on any atom is -0.462 e. The Morgan fingerprint density at radius 1 is 1.23 bits per heavy atom. The van der Waals surface area contributed by atoms with Crippen molar-refractivity contribution in [3.05, 3.63) is 57.1 Å². The zero-order valence-electron chi connectivity index (χ0n) is 19.1. The molecule has 2 heterocycles. The molecule has 0 bridgehead atoms. The molecular weight excluding hydrogens is 408 g/mol. The van der Waals surface area contributed by atoms with E-state index in [1.807, 2.05) is 27.9 Å². The monoisotopic (exact) mass is 438 g/mol. The molecule has 1 aromatic heterocycles. The van der Waals surface area contributed by atoms with Crippen molar-refractivity contribution in [1.29, 1.82) is 0 Å². The van der Waals surface area contributed by atoms with E-state index in [9.17, 15) is 9.59 Å². The molecule has 0 saturated carbocycles. The number of carbonyl (C=O) groups excluding carboxylic acids is 2. The summed E-state index contributed by atoms with van der Waals surface area (Å²) in [7, 11) is 4.03. The van der Waals surface area contributed by atoms with Gasteiger partial charge in [0.2, 0.25) is 0 Å². The second-order valence-electron chi connectivity index (χ2n) is 9.40. The molecule has 1 N–H and O–H groups in total. The topological polar surface area (TPSA) is 58.6 Å². The van der Waals surface area contributed by atoms with Crippen molar-refractivity contribution in [3.63, 3.8) is 0 Å². The third kappa shape index (κ3) is 3.78. The minimum atomic E-state index is -0.299. The summed E-state index contributed by atoms with van der Waals surface area (Å²) in [5.74, 6) is -0.285. The van der Waals surface area contributed by atoms with Crippen LogP contribution < -0.4 is 10.2 Å². The average Bonchev–Trinajstić information content (AvgIpc) is 3.02. The maximum Gasteiger partial charge on any atom is 0.348 e. The van der Waals surface area contributed by atoms with Crippen molar-refractivity contribution >= 4 is 33.8 Å². The number of carbonyl (C=O) groups is 2. The van der Waals surface area contributed by atoms with Crippen LogP contribution in [-0.4, -0.2) is 32.5 Å². The van der Waals surface area contributed by atoms with Gasteiger partial charge in [0.05, 0.1) is 11.6 Å². The molecule has 0 amide bonds. The number of fused-ring (bicyclic) bond motifs is 1. The number of anilines is 2. The fraction of sp³-hybridized carbons (Fsp3) is 0.440. The lowest BCUT2D eigenvalue weighted by molar-refractivity contribution is -0.118. The summed E-state index contributed by atoms with van der Waals surface area (Å²) in [6.45, 7) is 8.39. The highest BCUT2D eigenvalue weighted by Gasteiger charge is 2.42. The molecule has 4 rings (SSSR count). The van der Waals surface area contributed by atoms with E-state index in [4.69, 9.17) is 4.74 Å². The van der Waals surface area contributed by atoms with Gasteiger partial charge >= 0.3 is 5.97 Å². The first-order valence-corrected chi connectivity index (χ1v) is 11.6. The standard InChI is InChI=1S/C25H30N2O3S/c1-7-30-24(29)22-14(2)19-20(15-8-10-16(11-9-15)27(5)6)21-17(26-23(19)31-22)12-25(3,4)13-18(21)28/h8-11,20,26H,7,12-13H2,1-6H3/t20-/m1/s1. The summed E-state index contributed by atoms with van der Waals surface area (Å²) in [6, 6.07) is 8.38. The van der Waals surface area contributed by atoms with Crippen LogP contribution in [0.5, 0.6) is 0 Å². The van der Waals surface area contributed by atoms with Gasteiger partial charge < -0.3 is 15.0 Å². The van der Waals surface area contributed by atoms with Gasteiger partial charge in [0, 0.05) is 49.0 Å². The molecule has 1 atom stereocenters. The maximum absolute atomic E-state index is 13.4. The van der Waals surface area contributed by atoms with E-state index in [0.717, 1.165) is 45.1 Å². The Balaban J connectivity index is 1.89. The molecule has 31 heavy (non-hydrogen) atoms. The summed E-state index contributed by atoms with van der Waals surface area (Å²) in [4.78, 5) is 28.6. The van der Waals surface area contributed by atoms with Gasteiger partial charge in [0.15, 0.2) is 5.78 Å². The minimum absolute atomic E-state index is 0.0873. The molecule has 1 aliphatic heterocycles. The number of thiophene rings is 1. The molecule has 164 valence electrons. The number of ether oxygens (including phenoxy) is 1. The normalized spacial score (nSPS) is 19.4. The number of hydrogen-bond acceptors (Lipinski definition) is 6. The second-order valence-corrected chi connectivity index (χ2v) is 10.4. The van der Waals surface area contributed by atoms with E-state index >= 15 is 0 Å². The van der Waals surface area contributed by atoms with Crippen LogP contribution >= 0.6 is 11.3 Å². The highest BCUT2D eigenvalue weighted by molar-refractivity contribution is 7.18. The number of Topliss-reactive ketones (excluding diaryl/α,β-unsaturated/α-hetero) is 1. The number of rotatable bonds is 4. The Morgan fingerprint density at radius 2 is 1.90 bits per heavy atom. The molecule has 1 aromatic carbocycles. The zero-order valence-corrected chi connectivity index (χ0v) is 19.9. The summed E-state index contributed by atoms with van der Waals surface area (Å²) < 4.78 is 5.30. The highest BCUT2D eigenvalue weighted by atomic mass is 32.1. The molecule has 0 radical (unpaired) electrons. The third-order valence-electron chi connectivity index (χ3n) is 6.16. The van der Waals surface area contributed by atoms with Crippen molar-refractivity contribution in [3.8, 4) is 0 Å². The van der Waals surface area contributed by atoms with Crippen LogP contribution in [0, 0.1) is 12.3 Å². The van der Waals surface area contributed by atoms with E-state index in [2.05, 4.69) is 48.3 Å². The first kappa shape index (κ1) is 21.6. The predicted molar refractivity (Wildman–Crippen MR) is 126 cm³/mol. The number of ketones is 1. The number of nitrogens with one attached hydrogen (secondary N) is 1. The smallest absolute Gasteiger partial charge is 0.348 e. The molecule has 2 aromatic rings. The van der Waals surface area contributed by atoms with Crippen molar-refractivity contribution < 1.29 is 14.3 Å². The van der Waals surface area contributed by atoms with E-state index in [0.29, 0.717) is 17.9 Å². The first-order chi connectivity index (χ1) is 14.6. The number of nitrogens with zero attached hydrogens (tertiary/aromatic N) is 1. The van der Waals surface area contributed by atoms with Gasteiger partial charge in [0.1, 0.15) is 4.88 Å². The molecule has 0 saturated heterocycles. The van der Waals surface area contributed by atoms with Crippen LogP contribution in [0.2, 0.25) is 0 Å². The van der Waals surface area contributed by atoms with Crippen molar-refractivity contribution in [2.75, 3.05) is 30.9 Å². The average molecular weight is 439 g/mol. The Kier molecular flexibility index (Phi) is 5.46. The quantitative estimate of drug-likeness (QED) is 0.639. The highest BCUT2D eigenvalue weighted by Crippen LogP contribution is 2.53. The molecule has 0 spiro atoms. The fourth-order valence-electron chi connectivity index (χ4n) is 4.72. The summed E-state index contributed by atoms with van der Waals surface area (Å²) >= 11 is 1.43. The van der Waals surface area contributed by atoms with Gasteiger partial charge in [-0.05, 0) is 48.9 Å². The van der Waals surface area contributed by atoms with Gasteiger partial charge in [-0.15, -0.1) is 11.3 Å². The lowest BCUT2D eigenvalue weighted by atomic mass is 9.69. The van der Waals surface area contributed by atoms with Gasteiger partial charge in [-0.25, -0.2) is 4.79 Å². The number of hydrogen-bond donors (Lipinski definition) is 1. The molecule has 6 heteroatoms. The zero-order chi connectivity index (χ0) is 22.5. The van der Waals surface area contributed by atoms with Gasteiger partial charge in [-0.1, -0.05) is 26.0 Å². The summed E-state index contributed by atoms with van der Waals surface area (Å²) in [5, 5.41) is 4.48. The van der Waals surface area contributed by atoms with Crippen molar-refractivity contribution in [2.45, 2.75) is 46.5 Å². The fourth-order valence-corrected chi connectivity index (χ4v) is 5.88. The van der Waals surface area contributed by atoms with Crippen LogP contribution in [0.1, 0.15) is 65.9 Å². The Labute approximate surface area is 188 Å². The van der Waals surface area contributed by atoms with Crippen molar-refractivity contribution in [2.24, 2.45) is 5.41 Å². The van der Waals surface area contributed by atoms with Gasteiger partial charge in [-0.3, -0.25) is 4.79 Å². The SMILES string of the molecule is CCOC(=O)c1sc2c(c1C)[C@@H](c1ccc(N(C)C)cc1)C1=C(CC(C)(C)CC1=O)N2. The lowest BCUT2D eigenvalue weighted by Gasteiger charge is -2.38. The van der Waals surface area contributed by atoms with Crippen LogP contribution in [-0.2, 0) is 9.53 Å². The predicted octanol–water partition coefficient (Wildman–Crippen LogP) is 5.50. The number of allylic oxidation sites excluding steroid dienone is 2. The molecule has 5 nitrogen and oxygen atoms in total. The first-order valence-electron chi connectivity index (χ1n) is 10.7. The second kappa shape index (κ2) is 7.83. The summed E-state index contributed by atoms with van der Waals surface area (Å²) in [5.41, 5.74) is 5.86. The van der Waals surface area contributed by atoms with Crippen LogP contribution in [0.15, 0.2) is 35.5 Å². The van der Waals surface area contributed by atoms with Crippen molar-refractivity contribution in [1.82, 2.24) is 0 Å². The van der Waals surface area contributed by atoms with E-state index < -0.39 is 0 Å². The van der Waals surface area contributed by atoms with Crippen LogP contribution in [0.4, 0.5) is 10.7 Å². The molecule has 0 fully saturated rings. The molecular formula is C25H30N2O3S. The molecule has 1 aliphatic carbocycles. The van der Waals surface area contributed by atoms with Gasteiger partial charge in [0.25, 0.3) is 0 Å². The van der Waals surface area contributed by atoms with E-state index in [-0.39, 0.29) is 23.1 Å². The Bertz CT molecular complexity index is 1080. The third-order valence-corrected chi connectivity index (χ3v) is 7.36. The largest absolute Gasteiger partial charge is 0.462 e. The van der Waals surface area contributed by atoms with Gasteiger partial charge in [-0.2, -0.15) is 0 Å². The van der Waals surface area contributed by atoms with Crippen LogP contribution in [0.25, 0.3) is 0 Å². The van der Waals surface area contributed by atoms with Crippen LogP contribution in [0.3, 0.4) is 0 Å². The Hall–Kier alpha value is -2.60. The maximum atomic E-state index is 13.4. The molecule has 2 aliphatic rings. The number of benzene rings is 1. The molecule has 0 unspecified atom stereocenters. The van der Waals surface area contributed by atoms with E-state index in [1.54, 1.807) is 0 Å².